The van der Waals surface area contributed by atoms with Crippen LogP contribution in [0.15, 0.2) is 34.9 Å². The Kier molecular flexibility index (Phi) is 3.96. The highest BCUT2D eigenvalue weighted by molar-refractivity contribution is 5.92. The number of carbonyl (C=O) groups excluding carboxylic acids is 1. The average molecular weight is 302 g/mol. The van der Waals surface area contributed by atoms with E-state index in [9.17, 15) is 9.18 Å². The Labute approximate surface area is 128 Å². The predicted molar refractivity (Wildman–Crippen MR) is 79.8 cm³/mol. The summed E-state index contributed by atoms with van der Waals surface area (Å²) in [5.74, 6) is 0.323. The van der Waals surface area contributed by atoms with Gasteiger partial charge in [-0.05, 0) is 36.5 Å². The van der Waals surface area contributed by atoms with E-state index in [0.29, 0.717) is 12.5 Å². The number of halogens is 1. The fourth-order valence-electron chi connectivity index (χ4n) is 2.73. The number of hydrogen-bond acceptors (Lipinski definition) is 3. The van der Waals surface area contributed by atoms with Crippen molar-refractivity contribution in [2.24, 2.45) is 5.92 Å². The zero-order valence-electron chi connectivity index (χ0n) is 12.8. The summed E-state index contributed by atoms with van der Waals surface area (Å²) in [4.78, 5) is 14.2. The van der Waals surface area contributed by atoms with E-state index in [0.717, 1.165) is 24.1 Å². The minimum absolute atomic E-state index is 0.00764. The van der Waals surface area contributed by atoms with E-state index >= 15 is 0 Å². The summed E-state index contributed by atoms with van der Waals surface area (Å²) in [5, 5.41) is 3.96. The second kappa shape index (κ2) is 5.91. The van der Waals surface area contributed by atoms with Crippen LogP contribution in [-0.4, -0.2) is 22.5 Å². The molecule has 2 heterocycles. The van der Waals surface area contributed by atoms with Gasteiger partial charge < -0.3 is 9.42 Å². The van der Waals surface area contributed by atoms with E-state index in [-0.39, 0.29) is 23.5 Å². The number of amides is 1. The third-order valence-electron chi connectivity index (χ3n) is 3.92. The monoisotopic (exact) mass is 302 g/mol. The van der Waals surface area contributed by atoms with Gasteiger partial charge in [0.15, 0.2) is 0 Å². The predicted octanol–water partition coefficient (Wildman–Crippen LogP) is 3.60. The van der Waals surface area contributed by atoms with Crippen molar-refractivity contribution in [1.29, 1.82) is 0 Å². The molecule has 116 valence electrons. The van der Waals surface area contributed by atoms with Gasteiger partial charge in [0.2, 0.25) is 5.76 Å². The molecule has 0 N–H and O–H groups in total. The van der Waals surface area contributed by atoms with Gasteiger partial charge in [0.25, 0.3) is 5.91 Å². The molecule has 2 aromatic rings. The summed E-state index contributed by atoms with van der Waals surface area (Å²) in [6.45, 7) is 4.87. The molecule has 1 aliphatic heterocycles. The zero-order chi connectivity index (χ0) is 15.7. The summed E-state index contributed by atoms with van der Waals surface area (Å²) in [5.41, 5.74) is 1.75. The number of rotatable bonds is 4. The molecule has 5 heteroatoms. The first-order valence-corrected chi connectivity index (χ1v) is 7.56. The van der Waals surface area contributed by atoms with Gasteiger partial charge in [-0.2, -0.15) is 0 Å². The summed E-state index contributed by atoms with van der Waals surface area (Å²) >= 11 is 0. The van der Waals surface area contributed by atoms with Crippen molar-refractivity contribution in [2.45, 2.75) is 32.7 Å². The Morgan fingerprint density at radius 1 is 1.41 bits per heavy atom. The Balaban J connectivity index is 1.72. The number of hydrogen-bond donors (Lipinski definition) is 0. The number of likely N-dealkylation sites (tertiary alicyclic amines) is 1. The highest BCUT2D eigenvalue weighted by atomic mass is 19.1. The SMILES string of the molecule is CC(C)Cc1cc(C(=O)N2CC[C@H]2c2ccc(F)cc2)on1. The Hall–Kier alpha value is -2.17. The summed E-state index contributed by atoms with van der Waals surface area (Å²) in [6, 6.07) is 8.01. The van der Waals surface area contributed by atoms with E-state index in [1.54, 1.807) is 23.1 Å². The maximum atomic E-state index is 13.0. The molecule has 1 aromatic heterocycles. The quantitative estimate of drug-likeness (QED) is 0.867. The van der Waals surface area contributed by atoms with E-state index in [2.05, 4.69) is 19.0 Å². The molecule has 0 saturated carbocycles. The first-order chi connectivity index (χ1) is 10.5. The molecular weight excluding hydrogens is 283 g/mol. The van der Waals surface area contributed by atoms with Crippen LogP contribution < -0.4 is 0 Å². The number of nitrogens with zero attached hydrogens (tertiary/aromatic N) is 2. The highest BCUT2D eigenvalue weighted by Gasteiger charge is 2.35. The van der Waals surface area contributed by atoms with Crippen LogP contribution in [0.1, 0.15) is 48.1 Å². The minimum atomic E-state index is -0.269. The van der Waals surface area contributed by atoms with Crippen molar-refractivity contribution in [1.82, 2.24) is 10.1 Å². The fourth-order valence-corrected chi connectivity index (χ4v) is 2.73. The van der Waals surface area contributed by atoms with Crippen molar-refractivity contribution in [3.8, 4) is 0 Å². The Morgan fingerprint density at radius 2 is 2.14 bits per heavy atom. The van der Waals surface area contributed by atoms with Crippen LogP contribution >= 0.6 is 0 Å². The Bertz CT molecular complexity index is 664. The van der Waals surface area contributed by atoms with E-state index in [1.807, 2.05) is 0 Å². The van der Waals surface area contributed by atoms with Crippen LogP contribution in [0.3, 0.4) is 0 Å². The molecule has 4 nitrogen and oxygen atoms in total. The molecular formula is C17H19FN2O2. The van der Waals surface area contributed by atoms with Gasteiger partial charge in [-0.25, -0.2) is 4.39 Å². The van der Waals surface area contributed by atoms with E-state index < -0.39 is 0 Å². The molecule has 1 aliphatic rings. The van der Waals surface area contributed by atoms with Crippen LogP contribution in [-0.2, 0) is 6.42 Å². The second-order valence-electron chi connectivity index (χ2n) is 6.14. The van der Waals surface area contributed by atoms with Gasteiger partial charge in [0.1, 0.15) is 5.82 Å². The van der Waals surface area contributed by atoms with Crippen LogP contribution in [0.5, 0.6) is 0 Å². The zero-order valence-corrected chi connectivity index (χ0v) is 12.8. The van der Waals surface area contributed by atoms with Crippen molar-refractivity contribution in [2.75, 3.05) is 6.54 Å². The molecule has 0 bridgehead atoms. The molecule has 0 unspecified atom stereocenters. The smallest absolute Gasteiger partial charge is 0.292 e. The van der Waals surface area contributed by atoms with Crippen LogP contribution in [0.2, 0.25) is 0 Å². The molecule has 0 aliphatic carbocycles. The number of benzene rings is 1. The molecule has 22 heavy (non-hydrogen) atoms. The molecule has 0 radical (unpaired) electrons. The molecule has 1 aromatic carbocycles. The summed E-state index contributed by atoms with van der Waals surface area (Å²) in [6.07, 6.45) is 1.67. The average Bonchev–Trinajstić information content (AvgIpc) is 2.87. The van der Waals surface area contributed by atoms with Crippen molar-refractivity contribution in [3.63, 3.8) is 0 Å². The number of aromatic nitrogens is 1. The van der Waals surface area contributed by atoms with Gasteiger partial charge in [-0.1, -0.05) is 31.1 Å². The normalized spacial score (nSPS) is 17.6. The highest BCUT2D eigenvalue weighted by Crippen LogP contribution is 2.34. The summed E-state index contributed by atoms with van der Waals surface area (Å²) < 4.78 is 18.2. The van der Waals surface area contributed by atoms with Crippen LogP contribution in [0.25, 0.3) is 0 Å². The second-order valence-corrected chi connectivity index (χ2v) is 6.14. The van der Waals surface area contributed by atoms with Crippen molar-refractivity contribution >= 4 is 5.91 Å². The maximum absolute atomic E-state index is 13.0. The van der Waals surface area contributed by atoms with Gasteiger partial charge in [-0.3, -0.25) is 4.79 Å². The molecule has 1 amide bonds. The number of carbonyl (C=O) groups is 1. The lowest BCUT2D eigenvalue weighted by molar-refractivity contribution is 0.0418. The van der Waals surface area contributed by atoms with E-state index in [1.165, 1.54) is 12.1 Å². The summed E-state index contributed by atoms with van der Waals surface area (Å²) in [7, 11) is 0. The van der Waals surface area contributed by atoms with Crippen LogP contribution in [0.4, 0.5) is 4.39 Å². The minimum Gasteiger partial charge on any atom is -0.351 e. The lowest BCUT2D eigenvalue weighted by Crippen LogP contribution is -2.45. The van der Waals surface area contributed by atoms with Gasteiger partial charge in [-0.15, -0.1) is 0 Å². The first-order valence-electron chi connectivity index (χ1n) is 7.56. The van der Waals surface area contributed by atoms with Crippen LogP contribution in [0, 0.1) is 11.7 Å². The Morgan fingerprint density at radius 3 is 2.73 bits per heavy atom. The largest absolute Gasteiger partial charge is 0.351 e. The molecule has 1 fully saturated rings. The van der Waals surface area contributed by atoms with Gasteiger partial charge in [0, 0.05) is 12.6 Å². The van der Waals surface area contributed by atoms with E-state index in [4.69, 9.17) is 4.52 Å². The van der Waals surface area contributed by atoms with Crippen molar-refractivity contribution in [3.05, 3.63) is 53.2 Å². The molecule has 1 atom stereocenters. The molecule has 1 saturated heterocycles. The van der Waals surface area contributed by atoms with Gasteiger partial charge in [0.05, 0.1) is 11.7 Å². The first kappa shape index (κ1) is 14.8. The lowest BCUT2D eigenvalue weighted by atomic mass is 9.94. The fraction of sp³-hybridized carbons (Fsp3) is 0.412. The maximum Gasteiger partial charge on any atom is 0.292 e. The van der Waals surface area contributed by atoms with Crippen molar-refractivity contribution < 1.29 is 13.7 Å². The molecule has 3 rings (SSSR count). The standard InChI is InChI=1S/C17H19FN2O2/c1-11(2)9-14-10-16(22-19-14)17(21)20-8-7-15(20)12-3-5-13(18)6-4-12/h3-6,10-11,15H,7-9H2,1-2H3/t15-/m0/s1. The third kappa shape index (κ3) is 2.89. The molecule has 0 spiro atoms. The topological polar surface area (TPSA) is 46.3 Å². The van der Waals surface area contributed by atoms with Gasteiger partial charge >= 0.3 is 0 Å². The third-order valence-corrected chi connectivity index (χ3v) is 3.92. The lowest BCUT2D eigenvalue weighted by Gasteiger charge is -2.40.